The van der Waals surface area contributed by atoms with Crippen LogP contribution in [0.3, 0.4) is 0 Å². The summed E-state index contributed by atoms with van der Waals surface area (Å²) in [5.41, 5.74) is 5.74. The Kier molecular flexibility index (Phi) is 3.85. The summed E-state index contributed by atoms with van der Waals surface area (Å²) in [6.07, 6.45) is 5.22. The zero-order valence-corrected chi connectivity index (χ0v) is 14.1. The molecule has 0 saturated carbocycles. The van der Waals surface area contributed by atoms with Gasteiger partial charge in [0.15, 0.2) is 0 Å². The van der Waals surface area contributed by atoms with Crippen LogP contribution in [0.2, 0.25) is 0 Å². The average molecular weight is 330 g/mol. The molecule has 0 spiro atoms. The molecule has 0 aliphatic carbocycles. The molecule has 2 aromatic heterocycles. The van der Waals surface area contributed by atoms with Crippen LogP contribution in [-0.4, -0.2) is 21.2 Å². The van der Waals surface area contributed by atoms with E-state index < -0.39 is 0 Å². The lowest BCUT2D eigenvalue weighted by atomic mass is 10.0. The largest absolute Gasteiger partial charge is 0.340 e. The molecule has 0 unspecified atom stereocenters. The van der Waals surface area contributed by atoms with E-state index in [1.807, 2.05) is 31.3 Å². The van der Waals surface area contributed by atoms with E-state index >= 15 is 0 Å². The fraction of sp³-hybridized carbons (Fsp3) is 0.158. The predicted octanol–water partition coefficient (Wildman–Crippen LogP) is 3.91. The van der Waals surface area contributed by atoms with Crippen molar-refractivity contribution in [3.8, 4) is 0 Å². The van der Waals surface area contributed by atoms with Crippen LogP contribution < -0.4 is 10.6 Å². The van der Waals surface area contributed by atoms with Gasteiger partial charge in [-0.05, 0) is 54.3 Å². The van der Waals surface area contributed by atoms with E-state index in [2.05, 4.69) is 49.6 Å². The van der Waals surface area contributed by atoms with Crippen molar-refractivity contribution in [2.45, 2.75) is 20.4 Å². The Morgan fingerprint density at radius 1 is 0.880 bits per heavy atom. The molecule has 2 N–H and O–H groups in total. The van der Waals surface area contributed by atoms with Gasteiger partial charge in [-0.15, -0.1) is 0 Å². The highest BCUT2D eigenvalue weighted by Gasteiger charge is 2.10. The number of benzene rings is 1. The van der Waals surface area contributed by atoms with E-state index in [0.29, 0.717) is 5.82 Å². The van der Waals surface area contributed by atoms with Crippen LogP contribution in [0.4, 0.5) is 23.1 Å². The standard InChI is InChI=1S/C19H18N6/c1-12-3-4-21-17(5-12)25-19-8-18(22-11-23-19)24-16-7-15-10-20-9-14(15)6-13(16)2/h3-8,10-11H,9H2,1-2H3,(H2,21,22,23,24,25). The molecular weight excluding hydrogens is 312 g/mol. The third kappa shape index (κ3) is 3.33. The first-order valence-electron chi connectivity index (χ1n) is 8.09. The monoisotopic (exact) mass is 330 g/mol. The predicted molar refractivity (Wildman–Crippen MR) is 100 cm³/mol. The molecule has 0 radical (unpaired) electrons. The first-order chi connectivity index (χ1) is 12.2. The zero-order chi connectivity index (χ0) is 17.2. The Morgan fingerprint density at radius 3 is 2.52 bits per heavy atom. The van der Waals surface area contributed by atoms with Gasteiger partial charge in [0, 0.05) is 24.2 Å². The van der Waals surface area contributed by atoms with Crippen molar-refractivity contribution in [1.82, 2.24) is 15.0 Å². The van der Waals surface area contributed by atoms with Gasteiger partial charge in [-0.1, -0.05) is 6.07 Å². The third-order valence-corrected chi connectivity index (χ3v) is 4.08. The molecule has 1 aliphatic rings. The molecule has 0 amide bonds. The van der Waals surface area contributed by atoms with Gasteiger partial charge >= 0.3 is 0 Å². The summed E-state index contributed by atoms with van der Waals surface area (Å²) in [4.78, 5) is 17.2. The number of aromatic nitrogens is 3. The fourth-order valence-corrected chi connectivity index (χ4v) is 2.79. The molecule has 0 saturated heterocycles. The molecule has 0 bridgehead atoms. The lowest BCUT2D eigenvalue weighted by Crippen LogP contribution is -2.01. The zero-order valence-electron chi connectivity index (χ0n) is 14.1. The van der Waals surface area contributed by atoms with Crippen molar-refractivity contribution >= 4 is 29.4 Å². The van der Waals surface area contributed by atoms with Crippen molar-refractivity contribution in [2.24, 2.45) is 4.99 Å². The lowest BCUT2D eigenvalue weighted by Gasteiger charge is -2.12. The quantitative estimate of drug-likeness (QED) is 0.758. The van der Waals surface area contributed by atoms with E-state index in [1.54, 1.807) is 6.20 Å². The number of fused-ring (bicyclic) bond motifs is 1. The molecule has 3 heterocycles. The minimum absolute atomic E-state index is 0.691. The summed E-state index contributed by atoms with van der Waals surface area (Å²) in [6, 6.07) is 10.1. The first kappa shape index (κ1) is 15.3. The minimum Gasteiger partial charge on any atom is -0.340 e. The van der Waals surface area contributed by atoms with Gasteiger partial charge in [-0.25, -0.2) is 15.0 Å². The highest BCUT2D eigenvalue weighted by atomic mass is 15.1. The summed E-state index contributed by atoms with van der Waals surface area (Å²) < 4.78 is 0. The van der Waals surface area contributed by atoms with Crippen LogP contribution in [0, 0.1) is 13.8 Å². The lowest BCUT2D eigenvalue weighted by molar-refractivity contribution is 1.10. The number of aliphatic imine (C=N–C) groups is 1. The SMILES string of the molecule is Cc1ccnc(Nc2cc(Nc3cc4c(cc3C)CN=C4)ncn2)c1. The molecule has 0 fully saturated rings. The smallest absolute Gasteiger partial charge is 0.137 e. The van der Waals surface area contributed by atoms with E-state index in [-0.39, 0.29) is 0 Å². The maximum atomic E-state index is 4.31. The first-order valence-corrected chi connectivity index (χ1v) is 8.09. The van der Waals surface area contributed by atoms with Crippen LogP contribution in [0.15, 0.2) is 47.8 Å². The van der Waals surface area contributed by atoms with Gasteiger partial charge in [-0.2, -0.15) is 0 Å². The second-order valence-electron chi connectivity index (χ2n) is 6.09. The summed E-state index contributed by atoms with van der Waals surface area (Å²) in [7, 11) is 0. The summed E-state index contributed by atoms with van der Waals surface area (Å²) in [5, 5.41) is 6.57. The third-order valence-electron chi connectivity index (χ3n) is 4.08. The number of nitrogens with one attached hydrogen (secondary N) is 2. The second-order valence-corrected chi connectivity index (χ2v) is 6.09. The molecule has 0 atom stereocenters. The van der Waals surface area contributed by atoms with Crippen LogP contribution in [0.5, 0.6) is 0 Å². The van der Waals surface area contributed by atoms with Crippen LogP contribution in [0.1, 0.15) is 22.3 Å². The van der Waals surface area contributed by atoms with Gasteiger partial charge in [0.2, 0.25) is 0 Å². The Balaban J connectivity index is 1.57. The van der Waals surface area contributed by atoms with E-state index in [9.17, 15) is 0 Å². The fourth-order valence-electron chi connectivity index (χ4n) is 2.79. The molecular formula is C19H18N6. The van der Waals surface area contributed by atoms with Crippen LogP contribution in [0.25, 0.3) is 0 Å². The number of aryl methyl sites for hydroxylation is 2. The number of hydrogen-bond acceptors (Lipinski definition) is 6. The molecule has 6 heteroatoms. The average Bonchev–Trinajstić information content (AvgIpc) is 3.02. The van der Waals surface area contributed by atoms with Gasteiger partial charge in [0.25, 0.3) is 0 Å². The molecule has 3 aromatic rings. The Hall–Kier alpha value is -3.28. The Morgan fingerprint density at radius 2 is 1.68 bits per heavy atom. The van der Waals surface area contributed by atoms with Crippen molar-refractivity contribution in [3.05, 3.63) is 65.1 Å². The van der Waals surface area contributed by atoms with Gasteiger partial charge in [-0.3, -0.25) is 4.99 Å². The minimum atomic E-state index is 0.691. The molecule has 4 rings (SSSR count). The van der Waals surface area contributed by atoms with Crippen molar-refractivity contribution in [3.63, 3.8) is 0 Å². The van der Waals surface area contributed by atoms with Crippen LogP contribution in [-0.2, 0) is 6.54 Å². The van der Waals surface area contributed by atoms with Crippen molar-refractivity contribution in [1.29, 1.82) is 0 Å². The summed E-state index contributed by atoms with van der Waals surface area (Å²) in [5.74, 6) is 2.17. The highest BCUT2D eigenvalue weighted by Crippen LogP contribution is 2.26. The number of hydrogen-bond donors (Lipinski definition) is 2. The molecule has 1 aliphatic heterocycles. The Labute approximate surface area is 146 Å². The molecule has 25 heavy (non-hydrogen) atoms. The number of anilines is 4. The second kappa shape index (κ2) is 6.32. The molecule has 124 valence electrons. The Bertz CT molecular complexity index is 964. The van der Waals surface area contributed by atoms with Crippen molar-refractivity contribution < 1.29 is 0 Å². The number of rotatable bonds is 4. The highest BCUT2D eigenvalue weighted by molar-refractivity contribution is 5.87. The van der Waals surface area contributed by atoms with Gasteiger partial charge in [0.05, 0.1) is 6.54 Å². The number of pyridine rings is 1. The van der Waals surface area contributed by atoms with Gasteiger partial charge < -0.3 is 10.6 Å². The van der Waals surface area contributed by atoms with Crippen molar-refractivity contribution in [2.75, 3.05) is 10.6 Å². The topological polar surface area (TPSA) is 75.1 Å². The normalized spacial score (nSPS) is 12.1. The van der Waals surface area contributed by atoms with Crippen LogP contribution >= 0.6 is 0 Å². The molecule has 6 nitrogen and oxygen atoms in total. The van der Waals surface area contributed by atoms with E-state index in [0.717, 1.165) is 40.6 Å². The molecule has 1 aromatic carbocycles. The maximum Gasteiger partial charge on any atom is 0.137 e. The van der Waals surface area contributed by atoms with Gasteiger partial charge in [0.1, 0.15) is 23.8 Å². The summed E-state index contributed by atoms with van der Waals surface area (Å²) >= 11 is 0. The number of nitrogens with zero attached hydrogens (tertiary/aromatic N) is 4. The maximum absolute atomic E-state index is 4.31. The van der Waals surface area contributed by atoms with E-state index in [4.69, 9.17) is 0 Å². The summed E-state index contributed by atoms with van der Waals surface area (Å²) in [6.45, 7) is 4.87. The van der Waals surface area contributed by atoms with E-state index in [1.165, 1.54) is 11.9 Å².